The number of aliphatic hydroxyl groups is 1. The van der Waals surface area contributed by atoms with Crippen LogP contribution < -0.4 is 4.74 Å². The highest BCUT2D eigenvalue weighted by atomic mass is 19.1. The Balaban J connectivity index is 1.42. The van der Waals surface area contributed by atoms with Crippen molar-refractivity contribution in [1.29, 1.82) is 0 Å². The van der Waals surface area contributed by atoms with Crippen molar-refractivity contribution in [1.82, 2.24) is 14.4 Å². The molecular weight excluding hydrogens is 457 g/mol. The van der Waals surface area contributed by atoms with E-state index in [2.05, 4.69) is 15.5 Å². The van der Waals surface area contributed by atoms with Crippen LogP contribution in [0.4, 0.5) is 4.39 Å². The Hall–Kier alpha value is -2.90. The molecule has 6 rings (SSSR count). The summed E-state index contributed by atoms with van der Waals surface area (Å²) in [6.07, 6.45) is 4.07. The van der Waals surface area contributed by atoms with Crippen molar-refractivity contribution in [3.8, 4) is 5.75 Å². The van der Waals surface area contributed by atoms with Gasteiger partial charge in [0, 0.05) is 61.7 Å². The lowest BCUT2D eigenvalue weighted by Gasteiger charge is -2.56. The molecule has 2 aliphatic heterocycles. The molecule has 1 aliphatic carbocycles. The number of aliphatic hydroxyl groups excluding tert-OH is 1. The van der Waals surface area contributed by atoms with E-state index in [1.165, 1.54) is 11.6 Å². The van der Waals surface area contributed by atoms with Crippen LogP contribution in [0.2, 0.25) is 0 Å². The van der Waals surface area contributed by atoms with E-state index in [4.69, 9.17) is 4.74 Å². The van der Waals surface area contributed by atoms with Gasteiger partial charge < -0.3 is 19.3 Å². The monoisotopic (exact) mass is 491 g/mol. The lowest BCUT2D eigenvalue weighted by Crippen LogP contribution is -2.67. The molecule has 7 heteroatoms. The first-order valence-electron chi connectivity index (χ1n) is 13.0. The van der Waals surface area contributed by atoms with Crippen LogP contribution in [0.3, 0.4) is 0 Å². The molecule has 3 aromatic rings. The highest BCUT2D eigenvalue weighted by Crippen LogP contribution is 2.50. The largest absolute Gasteiger partial charge is 0.497 e. The first-order valence-corrected chi connectivity index (χ1v) is 13.0. The van der Waals surface area contributed by atoms with Crippen molar-refractivity contribution in [2.75, 3.05) is 33.4 Å². The molecule has 36 heavy (non-hydrogen) atoms. The molecule has 1 atom stereocenters. The zero-order valence-corrected chi connectivity index (χ0v) is 21.0. The Morgan fingerprint density at radius 1 is 1.14 bits per heavy atom. The summed E-state index contributed by atoms with van der Waals surface area (Å²) in [5, 5.41) is 11.8. The molecule has 1 saturated heterocycles. The van der Waals surface area contributed by atoms with E-state index in [0.29, 0.717) is 13.1 Å². The van der Waals surface area contributed by atoms with Gasteiger partial charge in [-0.05, 0) is 48.2 Å². The third-order valence-electron chi connectivity index (χ3n) is 8.66. The van der Waals surface area contributed by atoms with Crippen LogP contribution in [0.5, 0.6) is 5.75 Å². The van der Waals surface area contributed by atoms with Crippen molar-refractivity contribution < 1.29 is 19.0 Å². The molecule has 2 fully saturated rings. The first-order chi connectivity index (χ1) is 17.4. The van der Waals surface area contributed by atoms with E-state index in [0.717, 1.165) is 66.7 Å². The predicted octanol–water partition coefficient (Wildman–Crippen LogP) is 4.15. The summed E-state index contributed by atoms with van der Waals surface area (Å²) in [6.45, 7) is 2.75. The fraction of sp³-hybridized carbons (Fsp3) is 0.483. The number of fused-ring (bicyclic) bond motifs is 4. The minimum atomic E-state index is -0.362. The number of methoxy groups -OCH3 is 1. The van der Waals surface area contributed by atoms with Gasteiger partial charge in [0.25, 0.3) is 0 Å². The molecule has 0 radical (unpaired) electrons. The third-order valence-corrected chi connectivity index (χ3v) is 8.66. The summed E-state index contributed by atoms with van der Waals surface area (Å²) in [6, 6.07) is 12.6. The summed E-state index contributed by atoms with van der Waals surface area (Å²) in [5.74, 6) is 0.805. The molecule has 1 spiro atoms. The number of aryl methyl sites for hydroxylation is 1. The zero-order valence-electron chi connectivity index (χ0n) is 21.0. The highest BCUT2D eigenvalue weighted by molar-refractivity contribution is 5.90. The number of aromatic nitrogens is 1. The number of hydrogen-bond donors (Lipinski definition) is 1. The number of likely N-dealkylation sites (tertiary alicyclic amines) is 1. The smallest absolute Gasteiger partial charge is 0.226 e. The maximum Gasteiger partial charge on any atom is 0.226 e. The number of amides is 1. The minimum Gasteiger partial charge on any atom is -0.497 e. The van der Waals surface area contributed by atoms with Crippen LogP contribution >= 0.6 is 0 Å². The van der Waals surface area contributed by atoms with Gasteiger partial charge in [-0.15, -0.1) is 0 Å². The van der Waals surface area contributed by atoms with E-state index in [-0.39, 0.29) is 35.7 Å². The number of benzene rings is 2. The van der Waals surface area contributed by atoms with Crippen molar-refractivity contribution in [2.45, 2.75) is 43.7 Å². The Morgan fingerprint density at radius 3 is 2.61 bits per heavy atom. The molecule has 3 aliphatic rings. The Labute approximate surface area is 211 Å². The van der Waals surface area contributed by atoms with Crippen LogP contribution in [0.15, 0.2) is 42.5 Å². The second-order valence-corrected chi connectivity index (χ2v) is 10.9. The summed E-state index contributed by atoms with van der Waals surface area (Å²) in [7, 11) is 3.70. The van der Waals surface area contributed by atoms with Gasteiger partial charge in [-0.1, -0.05) is 25.0 Å². The number of rotatable bonds is 5. The van der Waals surface area contributed by atoms with Crippen molar-refractivity contribution >= 4 is 16.8 Å². The molecule has 1 N–H and O–H groups in total. The Morgan fingerprint density at radius 2 is 1.92 bits per heavy atom. The molecule has 3 heterocycles. The van der Waals surface area contributed by atoms with E-state index >= 15 is 0 Å². The van der Waals surface area contributed by atoms with Gasteiger partial charge in [-0.2, -0.15) is 0 Å². The second-order valence-electron chi connectivity index (χ2n) is 10.9. The van der Waals surface area contributed by atoms with Gasteiger partial charge in [-0.3, -0.25) is 9.69 Å². The summed E-state index contributed by atoms with van der Waals surface area (Å²) < 4.78 is 21.5. The van der Waals surface area contributed by atoms with Crippen LogP contribution in [0.25, 0.3) is 10.9 Å². The summed E-state index contributed by atoms with van der Waals surface area (Å²) in [4.78, 5) is 18.1. The van der Waals surface area contributed by atoms with Gasteiger partial charge in [0.1, 0.15) is 11.6 Å². The molecule has 2 aromatic carbocycles. The Bertz CT molecular complexity index is 1310. The number of carbonyl (C=O) groups excluding carboxylic acids is 1. The van der Waals surface area contributed by atoms with Gasteiger partial charge in [-0.25, -0.2) is 4.39 Å². The number of hydrogen-bond acceptors (Lipinski definition) is 4. The van der Waals surface area contributed by atoms with E-state index in [1.54, 1.807) is 19.2 Å². The van der Waals surface area contributed by atoms with Gasteiger partial charge >= 0.3 is 0 Å². The fourth-order valence-electron chi connectivity index (χ4n) is 7.07. The SMILES string of the molecule is COc1ccc2c3c(n(C)c2c1)[C@H](CO)N(C(=O)C1CCCC1)CC31CN(Cc2cccc(F)c2)C1. The van der Waals surface area contributed by atoms with Crippen LogP contribution in [0.1, 0.15) is 48.5 Å². The van der Waals surface area contributed by atoms with Crippen LogP contribution in [0, 0.1) is 11.7 Å². The molecule has 0 unspecified atom stereocenters. The molecule has 1 amide bonds. The van der Waals surface area contributed by atoms with Crippen molar-refractivity contribution in [3.05, 3.63) is 65.1 Å². The highest BCUT2D eigenvalue weighted by Gasteiger charge is 2.54. The molecule has 1 aromatic heterocycles. The lowest BCUT2D eigenvalue weighted by atomic mass is 9.68. The normalized spacial score (nSPS) is 21.7. The van der Waals surface area contributed by atoms with Gasteiger partial charge in [0.2, 0.25) is 5.91 Å². The van der Waals surface area contributed by atoms with Crippen molar-refractivity contribution in [3.63, 3.8) is 0 Å². The van der Waals surface area contributed by atoms with E-state index < -0.39 is 0 Å². The molecule has 0 bridgehead atoms. The number of nitrogens with zero attached hydrogens (tertiary/aromatic N) is 3. The number of halogens is 1. The first kappa shape index (κ1) is 23.5. The minimum absolute atomic E-state index is 0.0518. The maximum atomic E-state index is 13.8. The molecule has 190 valence electrons. The van der Waals surface area contributed by atoms with E-state index in [9.17, 15) is 14.3 Å². The maximum absolute atomic E-state index is 13.8. The van der Waals surface area contributed by atoms with E-state index in [1.807, 2.05) is 30.1 Å². The average molecular weight is 492 g/mol. The zero-order chi connectivity index (χ0) is 25.0. The fourth-order valence-corrected chi connectivity index (χ4v) is 7.07. The topological polar surface area (TPSA) is 57.9 Å². The quantitative estimate of drug-likeness (QED) is 0.583. The molecular formula is C29H34FN3O3. The van der Waals surface area contributed by atoms with Gasteiger partial charge in [0.15, 0.2) is 0 Å². The van der Waals surface area contributed by atoms with Crippen molar-refractivity contribution in [2.24, 2.45) is 13.0 Å². The predicted molar refractivity (Wildman–Crippen MR) is 136 cm³/mol. The second kappa shape index (κ2) is 8.89. The average Bonchev–Trinajstić information content (AvgIpc) is 3.50. The standard InChI is InChI=1S/C29H34FN3O3/c1-31-24-13-22(36-2)10-11-23(24)26-27(31)25(15-34)33(28(35)20-7-3-4-8-20)18-29(26)16-32(17-29)14-19-6-5-9-21(30)12-19/h5-6,9-13,20,25,34H,3-4,7-8,14-18H2,1-2H3/t25-/m0/s1. The molecule has 1 saturated carbocycles. The summed E-state index contributed by atoms with van der Waals surface area (Å²) >= 11 is 0. The van der Waals surface area contributed by atoms with Crippen LogP contribution in [-0.4, -0.2) is 58.7 Å². The van der Waals surface area contributed by atoms with Crippen LogP contribution in [-0.2, 0) is 23.8 Å². The Kier molecular flexibility index (Phi) is 5.80. The summed E-state index contributed by atoms with van der Waals surface area (Å²) in [5.41, 5.74) is 4.06. The third kappa shape index (κ3) is 3.63. The lowest BCUT2D eigenvalue weighted by molar-refractivity contribution is -0.143. The van der Waals surface area contributed by atoms with Gasteiger partial charge in [0.05, 0.1) is 25.3 Å². The number of carbonyl (C=O) groups is 1. The molecule has 6 nitrogen and oxygen atoms in total. The number of ether oxygens (including phenoxy) is 1.